The van der Waals surface area contributed by atoms with Crippen LogP contribution in [0.25, 0.3) is 11.1 Å². The van der Waals surface area contributed by atoms with Crippen LogP contribution in [-0.4, -0.2) is 46.4 Å². The number of ether oxygens (including phenoxy) is 7. The minimum atomic E-state index is -1.56. The fourth-order valence-electron chi connectivity index (χ4n) is 3.57. The number of fused-ring (bicyclic) bond motifs is 2. The third-order valence-electron chi connectivity index (χ3n) is 4.77. The van der Waals surface area contributed by atoms with Gasteiger partial charge in [0.05, 0.1) is 41.3 Å². The molecule has 2 aliphatic rings. The number of aromatic carboxylic acids is 1. The summed E-state index contributed by atoms with van der Waals surface area (Å²) in [6, 6.07) is 0. The quantitative estimate of drug-likeness (QED) is 0.329. The van der Waals surface area contributed by atoms with Crippen molar-refractivity contribution < 1.29 is 77.4 Å². The largest absolute Gasteiger partial charge is 1.00 e. The van der Waals surface area contributed by atoms with Crippen LogP contribution in [0.1, 0.15) is 27.6 Å². The molecule has 13 heteroatoms. The molecule has 0 saturated carbocycles. The molecular formula is C20H15Br2NaO10. The molecule has 0 atom stereocenters. The number of benzene rings is 2. The molecule has 0 fully saturated rings. The smallest absolute Gasteiger partial charge is 0.545 e. The Hall–Kier alpha value is -1.86. The number of carboxylic acids is 1. The van der Waals surface area contributed by atoms with Crippen molar-refractivity contribution in [2.24, 2.45) is 0 Å². The number of carbonyl (C=O) groups excluding carboxylic acids is 2. The molecule has 4 rings (SSSR count). The van der Waals surface area contributed by atoms with Gasteiger partial charge < -0.3 is 43.1 Å². The van der Waals surface area contributed by atoms with E-state index in [1.807, 2.05) is 0 Å². The van der Waals surface area contributed by atoms with E-state index in [-0.39, 0.29) is 115 Å². The molecule has 0 unspecified atom stereocenters. The first-order chi connectivity index (χ1) is 15.4. The number of hydrogen-bond acceptors (Lipinski definition) is 10. The summed E-state index contributed by atoms with van der Waals surface area (Å²) in [6.45, 7) is 1.32. The standard InChI is InChI=1S/C20H16Br2O10.Na/c1-4-28-20(25)10-8(14-18(32-6-30-14)16(27-3)12(10)22)7-9(19(23)24)11(21)15(26-2)17-13(7)29-5-31-17;/h4-6H2,1-3H3,(H,23,24);/q;+1/p-1. The van der Waals surface area contributed by atoms with E-state index >= 15 is 0 Å². The summed E-state index contributed by atoms with van der Waals surface area (Å²) in [6.07, 6.45) is 0. The van der Waals surface area contributed by atoms with E-state index in [0.29, 0.717) is 0 Å². The second kappa shape index (κ2) is 10.2. The van der Waals surface area contributed by atoms with Crippen molar-refractivity contribution in [3.05, 3.63) is 20.1 Å². The Bertz CT molecular complexity index is 1150. The van der Waals surface area contributed by atoms with Gasteiger partial charge in [-0.3, -0.25) is 0 Å². The summed E-state index contributed by atoms with van der Waals surface area (Å²) < 4.78 is 38.5. The van der Waals surface area contributed by atoms with E-state index < -0.39 is 11.9 Å². The summed E-state index contributed by atoms with van der Waals surface area (Å²) in [7, 11) is 2.74. The second-order valence-corrected chi connectivity index (χ2v) is 7.92. The number of carboxylic acid groups (broad SMARTS) is 1. The van der Waals surface area contributed by atoms with Gasteiger partial charge in [-0.25, -0.2) is 4.79 Å². The number of methoxy groups -OCH3 is 2. The van der Waals surface area contributed by atoms with Gasteiger partial charge in [0.2, 0.25) is 25.1 Å². The van der Waals surface area contributed by atoms with Crippen LogP contribution in [0.4, 0.5) is 0 Å². The Morgan fingerprint density at radius 2 is 1.27 bits per heavy atom. The SMILES string of the molecule is CCOC(=O)c1c(Br)c(OC)c2c(c1-c1c3c(c(OC)c(Br)c1C(=O)[O-])OCO3)OCO2.[Na+]. The van der Waals surface area contributed by atoms with Crippen LogP contribution in [0.15, 0.2) is 8.95 Å². The van der Waals surface area contributed by atoms with Gasteiger partial charge in [-0.15, -0.1) is 0 Å². The van der Waals surface area contributed by atoms with Gasteiger partial charge in [0.1, 0.15) is 0 Å². The van der Waals surface area contributed by atoms with E-state index in [2.05, 4.69) is 31.9 Å². The van der Waals surface area contributed by atoms with Gasteiger partial charge in [0, 0.05) is 16.7 Å². The molecule has 2 aliphatic heterocycles. The fourth-order valence-corrected chi connectivity index (χ4v) is 4.97. The zero-order chi connectivity index (χ0) is 23.2. The summed E-state index contributed by atoms with van der Waals surface area (Å²) >= 11 is 6.63. The van der Waals surface area contributed by atoms with Crippen LogP contribution >= 0.6 is 31.9 Å². The maximum atomic E-state index is 13.0. The molecular weight excluding hydrogens is 583 g/mol. The van der Waals surface area contributed by atoms with Crippen molar-refractivity contribution in [2.45, 2.75) is 6.92 Å². The second-order valence-electron chi connectivity index (χ2n) is 6.33. The Kier molecular flexibility index (Phi) is 7.95. The Labute approximate surface area is 226 Å². The van der Waals surface area contributed by atoms with Gasteiger partial charge >= 0.3 is 35.5 Å². The van der Waals surface area contributed by atoms with E-state index in [0.717, 1.165) is 0 Å². The van der Waals surface area contributed by atoms with Crippen LogP contribution in [0.2, 0.25) is 0 Å². The van der Waals surface area contributed by atoms with Crippen LogP contribution in [-0.2, 0) is 4.74 Å². The molecule has 2 heterocycles. The van der Waals surface area contributed by atoms with Crippen LogP contribution in [0, 0.1) is 0 Å². The van der Waals surface area contributed by atoms with Gasteiger partial charge in [0.15, 0.2) is 23.0 Å². The number of halogens is 2. The van der Waals surface area contributed by atoms with Gasteiger partial charge in [-0.2, -0.15) is 0 Å². The average Bonchev–Trinajstić information content (AvgIpc) is 3.42. The molecule has 2 aromatic carbocycles. The Morgan fingerprint density at radius 1 is 0.848 bits per heavy atom. The molecule has 0 bridgehead atoms. The van der Waals surface area contributed by atoms with Gasteiger partial charge in [-0.1, -0.05) is 0 Å². The van der Waals surface area contributed by atoms with E-state index in [4.69, 9.17) is 33.2 Å². The number of carbonyl (C=O) groups is 2. The van der Waals surface area contributed by atoms with E-state index in [9.17, 15) is 14.7 Å². The van der Waals surface area contributed by atoms with Crippen LogP contribution in [0.3, 0.4) is 0 Å². The summed E-state index contributed by atoms with van der Waals surface area (Å²) in [5.41, 5.74) is -0.372. The van der Waals surface area contributed by atoms with Crippen molar-refractivity contribution in [3.63, 3.8) is 0 Å². The molecule has 0 N–H and O–H groups in total. The first-order valence-corrected chi connectivity index (χ1v) is 10.7. The molecule has 0 spiro atoms. The fraction of sp³-hybridized carbons (Fsp3) is 0.300. The van der Waals surface area contributed by atoms with Crippen molar-refractivity contribution in [1.82, 2.24) is 0 Å². The number of hydrogen-bond donors (Lipinski definition) is 0. The van der Waals surface area contributed by atoms with Crippen molar-refractivity contribution in [1.29, 1.82) is 0 Å². The zero-order valence-corrected chi connectivity index (χ0v) is 23.1. The monoisotopic (exact) mass is 596 g/mol. The van der Waals surface area contributed by atoms with Gasteiger partial charge in [0.25, 0.3) is 0 Å². The van der Waals surface area contributed by atoms with E-state index in [1.54, 1.807) is 6.92 Å². The first-order valence-electron chi connectivity index (χ1n) is 9.14. The minimum absolute atomic E-state index is 0. The third kappa shape index (κ3) is 4.01. The molecule has 0 aliphatic carbocycles. The van der Waals surface area contributed by atoms with Crippen molar-refractivity contribution in [3.8, 4) is 45.6 Å². The van der Waals surface area contributed by atoms with Crippen LogP contribution < -0.4 is 63.1 Å². The van der Waals surface area contributed by atoms with Crippen molar-refractivity contribution in [2.75, 3.05) is 34.4 Å². The van der Waals surface area contributed by atoms with Gasteiger partial charge in [-0.05, 0) is 38.8 Å². The maximum Gasteiger partial charge on any atom is 1.00 e. The third-order valence-corrected chi connectivity index (χ3v) is 6.28. The normalized spacial score (nSPS) is 12.8. The predicted octanol–water partition coefficient (Wildman–Crippen LogP) is -0.103. The summed E-state index contributed by atoms with van der Waals surface area (Å²) in [5.74, 6) is -1.61. The molecule has 0 aromatic heterocycles. The Morgan fingerprint density at radius 3 is 1.70 bits per heavy atom. The summed E-state index contributed by atoms with van der Waals surface area (Å²) in [5, 5.41) is 12.3. The van der Waals surface area contributed by atoms with Crippen molar-refractivity contribution >= 4 is 43.8 Å². The molecule has 170 valence electrons. The molecule has 0 amide bonds. The Balaban J connectivity index is 0.00000306. The summed E-state index contributed by atoms with van der Waals surface area (Å²) in [4.78, 5) is 25.3. The zero-order valence-electron chi connectivity index (χ0n) is 18.0. The molecule has 0 radical (unpaired) electrons. The molecule has 0 saturated heterocycles. The molecule has 33 heavy (non-hydrogen) atoms. The van der Waals surface area contributed by atoms with Crippen LogP contribution in [0.5, 0.6) is 34.5 Å². The molecule has 2 aromatic rings. The predicted molar refractivity (Wildman–Crippen MR) is 113 cm³/mol. The minimum Gasteiger partial charge on any atom is -0.545 e. The van der Waals surface area contributed by atoms with E-state index in [1.165, 1.54) is 14.2 Å². The molecule has 10 nitrogen and oxygen atoms in total. The average molecular weight is 598 g/mol. The first kappa shape index (κ1) is 25.8. The number of rotatable bonds is 6. The maximum absolute atomic E-state index is 13.0. The topological polar surface area (TPSA) is 122 Å². The number of esters is 1.